The molecule has 1 amide bonds. The summed E-state index contributed by atoms with van der Waals surface area (Å²) in [5.74, 6) is 1.13. The van der Waals surface area contributed by atoms with Gasteiger partial charge in [0.15, 0.2) is 11.8 Å². The lowest BCUT2D eigenvalue weighted by Gasteiger charge is -2.17. The fourth-order valence-corrected chi connectivity index (χ4v) is 3.70. The molecule has 0 aliphatic heterocycles. The topological polar surface area (TPSA) is 87.5 Å². The number of aromatic nitrogens is 3. The number of aryl methyl sites for hydroxylation is 2. The molecule has 0 radical (unpaired) electrons. The molecule has 2 aromatic heterocycles. The summed E-state index contributed by atoms with van der Waals surface area (Å²) in [6.45, 7) is 3.63. The highest BCUT2D eigenvalue weighted by Gasteiger charge is 2.21. The van der Waals surface area contributed by atoms with Gasteiger partial charge in [0, 0.05) is 19.2 Å². The Morgan fingerprint density at radius 3 is 2.52 bits per heavy atom. The Bertz CT molecular complexity index is 1300. The molecule has 0 aliphatic rings. The van der Waals surface area contributed by atoms with Crippen molar-refractivity contribution in [3.8, 4) is 28.5 Å². The van der Waals surface area contributed by atoms with Crippen LogP contribution >= 0.6 is 0 Å². The molecule has 0 aliphatic carbocycles. The summed E-state index contributed by atoms with van der Waals surface area (Å²) in [6, 6.07) is 17.0. The largest absolute Gasteiger partial charge is 0.497 e. The van der Waals surface area contributed by atoms with E-state index in [2.05, 4.69) is 15.4 Å². The van der Waals surface area contributed by atoms with E-state index < -0.39 is 6.10 Å². The van der Waals surface area contributed by atoms with Crippen LogP contribution < -0.4 is 19.5 Å². The Hall–Kier alpha value is -4.07. The van der Waals surface area contributed by atoms with Gasteiger partial charge in [0.1, 0.15) is 11.5 Å². The second-order valence-corrected chi connectivity index (χ2v) is 7.60. The van der Waals surface area contributed by atoms with Gasteiger partial charge in [-0.25, -0.2) is 0 Å². The first-order chi connectivity index (χ1) is 15.9. The van der Waals surface area contributed by atoms with E-state index in [0.717, 1.165) is 22.2 Å². The molecule has 4 rings (SSSR count). The third-order valence-electron chi connectivity index (χ3n) is 5.36. The fraction of sp³-hybridized carbons (Fsp3) is 0.240. The maximum atomic E-state index is 12.9. The number of fused-ring (bicyclic) bond motifs is 1. The van der Waals surface area contributed by atoms with Gasteiger partial charge >= 0.3 is 0 Å². The van der Waals surface area contributed by atoms with E-state index in [1.54, 1.807) is 36.9 Å². The van der Waals surface area contributed by atoms with Crippen LogP contribution in [0.2, 0.25) is 0 Å². The number of benzene rings is 2. The van der Waals surface area contributed by atoms with Crippen molar-refractivity contribution in [2.45, 2.75) is 20.0 Å². The minimum Gasteiger partial charge on any atom is -0.497 e. The maximum absolute atomic E-state index is 12.9. The number of pyridine rings is 1. The van der Waals surface area contributed by atoms with E-state index in [1.165, 1.54) is 7.11 Å². The summed E-state index contributed by atoms with van der Waals surface area (Å²) in [5, 5.41) is 8.31. The molecular weight excluding hydrogens is 420 g/mol. The monoisotopic (exact) mass is 446 g/mol. The number of hydrogen-bond acceptors (Lipinski definition) is 6. The summed E-state index contributed by atoms with van der Waals surface area (Å²) in [7, 11) is 4.94. The second kappa shape index (κ2) is 9.20. The molecule has 0 spiro atoms. The minimum atomic E-state index is -0.806. The molecule has 8 heteroatoms. The zero-order valence-corrected chi connectivity index (χ0v) is 19.2. The zero-order chi connectivity index (χ0) is 23.5. The number of nitrogens with one attached hydrogen (secondary N) is 1. The van der Waals surface area contributed by atoms with E-state index in [0.29, 0.717) is 28.7 Å². The number of anilines is 1. The lowest BCUT2D eigenvalue weighted by Crippen LogP contribution is -2.30. The average Bonchev–Trinajstić information content (AvgIpc) is 3.12. The van der Waals surface area contributed by atoms with Gasteiger partial charge in [0.05, 0.1) is 31.0 Å². The number of carbonyl (C=O) groups excluding carboxylic acids is 1. The lowest BCUT2D eigenvalue weighted by atomic mass is 10.0. The Balaban J connectivity index is 1.62. The quantitative estimate of drug-likeness (QED) is 0.454. The van der Waals surface area contributed by atoms with Crippen LogP contribution in [0.1, 0.15) is 12.6 Å². The van der Waals surface area contributed by atoms with Crippen LogP contribution in [0.3, 0.4) is 0 Å². The standard InChI is InChI=1S/C25H26N4O4/c1-15-23-19(17-9-7-6-8-10-17)14-22(27-24(23)29(3)28-15)33-16(2)25(30)26-20-12-11-18(31-4)13-21(20)32-5/h6-14,16H,1-5H3,(H,26,30). The zero-order valence-electron chi connectivity index (χ0n) is 19.2. The Labute approximate surface area is 192 Å². The van der Waals surface area contributed by atoms with Crippen molar-refractivity contribution < 1.29 is 19.0 Å². The van der Waals surface area contributed by atoms with Gasteiger partial charge < -0.3 is 19.5 Å². The van der Waals surface area contributed by atoms with Crippen LogP contribution in [0.5, 0.6) is 17.4 Å². The van der Waals surface area contributed by atoms with Gasteiger partial charge in [0.2, 0.25) is 5.88 Å². The molecule has 1 N–H and O–H groups in total. The normalized spacial score (nSPS) is 11.8. The van der Waals surface area contributed by atoms with E-state index in [-0.39, 0.29) is 5.91 Å². The van der Waals surface area contributed by atoms with Gasteiger partial charge in [-0.05, 0) is 37.1 Å². The molecule has 1 atom stereocenters. The predicted molar refractivity (Wildman–Crippen MR) is 127 cm³/mol. The maximum Gasteiger partial charge on any atom is 0.265 e. The van der Waals surface area contributed by atoms with Crippen LogP contribution in [0.4, 0.5) is 5.69 Å². The van der Waals surface area contributed by atoms with Gasteiger partial charge in [-0.3, -0.25) is 9.48 Å². The van der Waals surface area contributed by atoms with Crippen LogP contribution in [0.25, 0.3) is 22.2 Å². The first-order valence-corrected chi connectivity index (χ1v) is 10.5. The Morgan fingerprint density at radius 2 is 1.82 bits per heavy atom. The third kappa shape index (κ3) is 4.45. The van der Waals surface area contributed by atoms with E-state index in [9.17, 15) is 4.79 Å². The Kier molecular flexibility index (Phi) is 6.17. The molecule has 2 aromatic carbocycles. The van der Waals surface area contributed by atoms with Gasteiger partial charge in [-0.2, -0.15) is 10.1 Å². The van der Waals surface area contributed by atoms with E-state index in [4.69, 9.17) is 14.2 Å². The van der Waals surface area contributed by atoms with Gasteiger partial charge in [-0.15, -0.1) is 0 Å². The van der Waals surface area contributed by atoms with Crippen LogP contribution in [0.15, 0.2) is 54.6 Å². The number of carbonyl (C=O) groups is 1. The molecule has 0 bridgehead atoms. The highest BCUT2D eigenvalue weighted by molar-refractivity contribution is 5.97. The second-order valence-electron chi connectivity index (χ2n) is 7.60. The number of amides is 1. The molecule has 170 valence electrons. The molecule has 4 aromatic rings. The van der Waals surface area contributed by atoms with Crippen molar-refractivity contribution >= 4 is 22.6 Å². The summed E-state index contributed by atoms with van der Waals surface area (Å²) >= 11 is 0. The number of methoxy groups -OCH3 is 2. The van der Waals surface area contributed by atoms with Crippen LogP contribution in [-0.2, 0) is 11.8 Å². The van der Waals surface area contributed by atoms with Crippen molar-refractivity contribution in [3.63, 3.8) is 0 Å². The average molecular weight is 447 g/mol. The molecule has 0 saturated carbocycles. The lowest BCUT2D eigenvalue weighted by molar-refractivity contribution is -0.122. The van der Waals surface area contributed by atoms with Gasteiger partial charge in [-0.1, -0.05) is 30.3 Å². The summed E-state index contributed by atoms with van der Waals surface area (Å²) in [5.41, 5.74) is 4.06. The van der Waals surface area contributed by atoms with Crippen molar-refractivity contribution in [3.05, 3.63) is 60.3 Å². The van der Waals surface area contributed by atoms with E-state index >= 15 is 0 Å². The summed E-state index contributed by atoms with van der Waals surface area (Å²) < 4.78 is 18.3. The predicted octanol–water partition coefficient (Wildman–Crippen LogP) is 4.37. The van der Waals surface area contributed by atoms with Crippen LogP contribution in [0, 0.1) is 6.92 Å². The SMILES string of the molecule is COc1ccc(NC(=O)C(C)Oc2cc(-c3ccccc3)c3c(C)nn(C)c3n2)c(OC)c1. The van der Waals surface area contributed by atoms with Crippen molar-refractivity contribution in [2.24, 2.45) is 7.05 Å². The van der Waals surface area contributed by atoms with Crippen molar-refractivity contribution in [1.82, 2.24) is 14.8 Å². The highest BCUT2D eigenvalue weighted by atomic mass is 16.5. The Morgan fingerprint density at radius 1 is 1.06 bits per heavy atom. The highest BCUT2D eigenvalue weighted by Crippen LogP contribution is 2.33. The van der Waals surface area contributed by atoms with E-state index in [1.807, 2.05) is 50.4 Å². The molecule has 8 nitrogen and oxygen atoms in total. The minimum absolute atomic E-state index is 0.331. The first kappa shape index (κ1) is 22.1. The van der Waals surface area contributed by atoms with Crippen LogP contribution in [-0.4, -0.2) is 41.0 Å². The smallest absolute Gasteiger partial charge is 0.265 e. The number of ether oxygens (including phenoxy) is 3. The first-order valence-electron chi connectivity index (χ1n) is 10.5. The fourth-order valence-electron chi connectivity index (χ4n) is 3.70. The molecule has 1 unspecified atom stereocenters. The third-order valence-corrected chi connectivity index (χ3v) is 5.36. The number of nitrogens with zero attached hydrogens (tertiary/aromatic N) is 3. The van der Waals surface area contributed by atoms with Gasteiger partial charge in [0.25, 0.3) is 5.91 Å². The van der Waals surface area contributed by atoms with Crippen molar-refractivity contribution in [1.29, 1.82) is 0 Å². The summed E-state index contributed by atoms with van der Waals surface area (Å²) in [6.07, 6.45) is -0.806. The molecule has 2 heterocycles. The molecule has 33 heavy (non-hydrogen) atoms. The number of rotatable bonds is 7. The number of hydrogen-bond donors (Lipinski definition) is 1. The molecular formula is C25H26N4O4. The molecule has 0 saturated heterocycles. The van der Waals surface area contributed by atoms with Crippen molar-refractivity contribution in [2.75, 3.05) is 19.5 Å². The summed E-state index contributed by atoms with van der Waals surface area (Å²) in [4.78, 5) is 17.5. The molecule has 0 fully saturated rings.